The molecule has 1 saturated carbocycles. The fourth-order valence-corrected chi connectivity index (χ4v) is 4.48. The van der Waals surface area contributed by atoms with Crippen molar-refractivity contribution in [3.05, 3.63) is 47.8 Å². The number of halogens is 1. The Bertz CT molecular complexity index is 889. The Balaban J connectivity index is 1.29. The average molecular weight is 398 g/mol. The van der Waals surface area contributed by atoms with Crippen LogP contribution in [0, 0.1) is 11.7 Å². The second-order valence-corrected chi connectivity index (χ2v) is 8.06. The molecule has 1 aromatic heterocycles. The number of aromatic nitrogens is 2. The minimum absolute atomic E-state index is 0.119. The van der Waals surface area contributed by atoms with Crippen molar-refractivity contribution in [2.24, 2.45) is 5.92 Å². The summed E-state index contributed by atoms with van der Waals surface area (Å²) in [6.07, 6.45) is 9.60. The van der Waals surface area contributed by atoms with Crippen LogP contribution < -0.4 is 10.6 Å². The van der Waals surface area contributed by atoms with Gasteiger partial charge in [0.05, 0.1) is 6.54 Å². The van der Waals surface area contributed by atoms with Crippen molar-refractivity contribution in [1.82, 2.24) is 14.9 Å². The number of amides is 2. The third kappa shape index (κ3) is 4.66. The van der Waals surface area contributed by atoms with E-state index in [4.69, 9.17) is 0 Å². The smallest absolute Gasteiger partial charge is 0.243 e. The molecular weight excluding hydrogens is 371 g/mol. The summed E-state index contributed by atoms with van der Waals surface area (Å²) in [5.41, 5.74) is 1.49. The van der Waals surface area contributed by atoms with Gasteiger partial charge in [-0.2, -0.15) is 0 Å². The highest BCUT2D eigenvalue weighted by atomic mass is 19.1. The summed E-state index contributed by atoms with van der Waals surface area (Å²) in [7, 11) is 0. The minimum atomic E-state index is -0.418. The second-order valence-electron chi connectivity index (χ2n) is 8.06. The molecular formula is C22H27FN4O2. The van der Waals surface area contributed by atoms with Gasteiger partial charge in [-0.15, -0.1) is 0 Å². The Morgan fingerprint density at radius 2 is 2.00 bits per heavy atom. The lowest BCUT2D eigenvalue weighted by atomic mass is 9.88. The molecule has 1 aromatic carbocycles. The molecule has 1 aliphatic heterocycles. The number of imidazole rings is 1. The Morgan fingerprint density at radius 1 is 1.17 bits per heavy atom. The van der Waals surface area contributed by atoms with Gasteiger partial charge in [0.1, 0.15) is 11.6 Å². The third-order valence-corrected chi connectivity index (χ3v) is 6.00. The molecule has 7 heteroatoms. The molecule has 154 valence electrons. The normalized spacial score (nSPS) is 19.4. The zero-order valence-corrected chi connectivity index (χ0v) is 16.5. The van der Waals surface area contributed by atoms with Crippen molar-refractivity contribution in [2.75, 3.05) is 11.9 Å². The van der Waals surface area contributed by atoms with Gasteiger partial charge < -0.3 is 15.2 Å². The fourth-order valence-electron chi connectivity index (χ4n) is 4.48. The molecule has 1 fully saturated rings. The van der Waals surface area contributed by atoms with Gasteiger partial charge >= 0.3 is 0 Å². The van der Waals surface area contributed by atoms with Crippen LogP contribution >= 0.6 is 0 Å². The molecule has 0 spiro atoms. The van der Waals surface area contributed by atoms with E-state index in [9.17, 15) is 14.0 Å². The van der Waals surface area contributed by atoms with Crippen molar-refractivity contribution < 1.29 is 14.0 Å². The maximum absolute atomic E-state index is 13.2. The molecule has 0 unspecified atom stereocenters. The van der Waals surface area contributed by atoms with E-state index in [0.29, 0.717) is 18.0 Å². The largest absolute Gasteiger partial charge is 0.347 e. The molecule has 4 rings (SSSR count). The quantitative estimate of drug-likeness (QED) is 0.811. The third-order valence-electron chi connectivity index (χ3n) is 6.00. The maximum Gasteiger partial charge on any atom is 0.243 e. The lowest BCUT2D eigenvalue weighted by Gasteiger charge is -2.27. The number of carbonyl (C=O) groups is 2. The van der Waals surface area contributed by atoms with Gasteiger partial charge in [-0.1, -0.05) is 25.3 Å². The molecule has 1 atom stereocenters. The van der Waals surface area contributed by atoms with Gasteiger partial charge in [-0.05, 0) is 37.5 Å². The van der Waals surface area contributed by atoms with Crippen LogP contribution in [0.25, 0.3) is 0 Å². The van der Waals surface area contributed by atoms with Gasteiger partial charge in [-0.25, -0.2) is 9.37 Å². The summed E-state index contributed by atoms with van der Waals surface area (Å²) in [6.45, 7) is 0.674. The van der Waals surface area contributed by atoms with Crippen LogP contribution in [-0.2, 0) is 22.6 Å². The van der Waals surface area contributed by atoms with E-state index in [1.165, 1.54) is 56.1 Å². The van der Waals surface area contributed by atoms with E-state index in [0.717, 1.165) is 18.7 Å². The van der Waals surface area contributed by atoms with E-state index >= 15 is 0 Å². The lowest BCUT2D eigenvalue weighted by Crippen LogP contribution is -2.39. The first-order valence-corrected chi connectivity index (χ1v) is 10.5. The number of nitrogens with zero attached hydrogens (tertiary/aromatic N) is 2. The zero-order valence-electron chi connectivity index (χ0n) is 16.5. The molecule has 2 aromatic rings. The van der Waals surface area contributed by atoms with Gasteiger partial charge in [0.2, 0.25) is 11.8 Å². The van der Waals surface area contributed by atoms with Gasteiger partial charge in [0.15, 0.2) is 0 Å². The van der Waals surface area contributed by atoms with Gasteiger partial charge in [0.25, 0.3) is 0 Å². The standard InChI is InChI=1S/C22H27FN4O2/c23-17-7-4-8-18(12-17)26-20(28)14-25-22(29)16-9-10-27-19(11-16)13-24-21(27)15-5-2-1-3-6-15/h4,7-8,12-13,15-16H,1-3,5-6,9-11,14H2,(H,25,29)(H,26,28)/t16-/m0/s1. The molecule has 2 N–H and O–H groups in total. The van der Waals surface area contributed by atoms with Crippen molar-refractivity contribution >= 4 is 17.5 Å². The second kappa shape index (κ2) is 8.76. The number of fused-ring (bicyclic) bond motifs is 1. The van der Waals surface area contributed by atoms with Crippen LogP contribution in [-0.4, -0.2) is 27.9 Å². The van der Waals surface area contributed by atoms with Crippen LogP contribution in [0.15, 0.2) is 30.5 Å². The molecule has 0 radical (unpaired) electrons. The summed E-state index contributed by atoms with van der Waals surface area (Å²) in [5.74, 6) is 0.677. The number of carbonyl (C=O) groups excluding carboxylic acids is 2. The Hall–Kier alpha value is -2.70. The summed E-state index contributed by atoms with van der Waals surface area (Å²) in [5, 5.41) is 5.30. The van der Waals surface area contributed by atoms with E-state index in [2.05, 4.69) is 20.2 Å². The minimum Gasteiger partial charge on any atom is -0.347 e. The number of hydrogen-bond acceptors (Lipinski definition) is 3. The highest BCUT2D eigenvalue weighted by Crippen LogP contribution is 2.34. The van der Waals surface area contributed by atoms with Crippen molar-refractivity contribution in [1.29, 1.82) is 0 Å². The number of rotatable bonds is 5. The Kier molecular flexibility index (Phi) is 5.92. The fraction of sp³-hybridized carbons (Fsp3) is 0.500. The molecule has 0 bridgehead atoms. The average Bonchev–Trinajstić information content (AvgIpc) is 3.16. The van der Waals surface area contributed by atoms with E-state index < -0.39 is 5.82 Å². The molecule has 1 aliphatic carbocycles. The molecule has 0 saturated heterocycles. The highest BCUT2D eigenvalue weighted by molar-refractivity contribution is 5.94. The predicted molar refractivity (Wildman–Crippen MR) is 108 cm³/mol. The van der Waals surface area contributed by atoms with Gasteiger partial charge in [-0.3, -0.25) is 9.59 Å². The van der Waals surface area contributed by atoms with Crippen molar-refractivity contribution in [3.63, 3.8) is 0 Å². The van der Waals surface area contributed by atoms with E-state index in [1.54, 1.807) is 6.07 Å². The lowest BCUT2D eigenvalue weighted by molar-refractivity contribution is -0.127. The topological polar surface area (TPSA) is 76.0 Å². The number of hydrogen-bond donors (Lipinski definition) is 2. The van der Waals surface area contributed by atoms with Crippen LogP contribution in [0.5, 0.6) is 0 Å². The van der Waals surface area contributed by atoms with E-state index in [-0.39, 0.29) is 24.3 Å². The van der Waals surface area contributed by atoms with Gasteiger partial charge in [0, 0.05) is 42.4 Å². The van der Waals surface area contributed by atoms with E-state index in [1.807, 2.05) is 6.20 Å². The number of anilines is 1. The summed E-state index contributed by atoms with van der Waals surface area (Å²) in [6, 6.07) is 5.68. The SMILES string of the molecule is O=C(CNC(=O)[C@H]1CCn2c(cnc2C2CCCCC2)C1)Nc1cccc(F)c1. The first-order valence-electron chi connectivity index (χ1n) is 10.5. The Labute approximate surface area is 169 Å². The highest BCUT2D eigenvalue weighted by Gasteiger charge is 2.29. The van der Waals surface area contributed by atoms with Crippen LogP contribution in [0.2, 0.25) is 0 Å². The predicted octanol–water partition coefficient (Wildman–Crippen LogP) is 3.39. The van der Waals surface area contributed by atoms with Crippen molar-refractivity contribution in [2.45, 2.75) is 57.4 Å². The first kappa shape index (κ1) is 19.6. The summed E-state index contributed by atoms with van der Waals surface area (Å²) < 4.78 is 15.5. The van der Waals surface area contributed by atoms with Crippen LogP contribution in [0.4, 0.5) is 10.1 Å². The summed E-state index contributed by atoms with van der Waals surface area (Å²) in [4.78, 5) is 29.3. The molecule has 2 aliphatic rings. The Morgan fingerprint density at radius 3 is 2.79 bits per heavy atom. The molecule has 6 nitrogen and oxygen atoms in total. The monoisotopic (exact) mass is 398 g/mol. The zero-order chi connectivity index (χ0) is 20.2. The first-order chi connectivity index (χ1) is 14.1. The molecule has 2 amide bonds. The number of nitrogens with one attached hydrogen (secondary N) is 2. The molecule has 29 heavy (non-hydrogen) atoms. The molecule has 2 heterocycles. The number of benzene rings is 1. The maximum atomic E-state index is 13.2. The van der Waals surface area contributed by atoms with Crippen molar-refractivity contribution in [3.8, 4) is 0 Å². The van der Waals surface area contributed by atoms with Crippen LogP contribution in [0.1, 0.15) is 56.0 Å². The van der Waals surface area contributed by atoms with Crippen LogP contribution in [0.3, 0.4) is 0 Å². The summed E-state index contributed by atoms with van der Waals surface area (Å²) >= 11 is 0.